The summed E-state index contributed by atoms with van der Waals surface area (Å²) in [4.78, 5) is 2.09. The molecule has 1 atom stereocenters. The van der Waals surface area contributed by atoms with Crippen LogP contribution in [0.25, 0.3) is 0 Å². The average Bonchev–Trinajstić information content (AvgIpc) is 3.06. The number of nitrogens with zero attached hydrogens (tertiary/aromatic N) is 4. The molecule has 0 amide bonds. The second kappa shape index (κ2) is 4.90. The molecule has 1 aromatic heterocycles. The minimum Gasteiger partial charge on any atom is -0.312 e. The molecule has 4 nitrogen and oxygen atoms in total. The second-order valence-corrected chi connectivity index (χ2v) is 5.38. The number of rotatable bonds is 3. The third-order valence-corrected chi connectivity index (χ3v) is 4.09. The summed E-state index contributed by atoms with van der Waals surface area (Å²) in [6, 6.07) is 4.30. The van der Waals surface area contributed by atoms with Crippen LogP contribution in [0.1, 0.15) is 18.4 Å². The molecular weight excluding hydrogens is 256 g/mol. The molecule has 0 saturated heterocycles. The maximum atomic E-state index is 8.77. The predicted octanol–water partition coefficient (Wildman–Crippen LogP) is 2.72. The summed E-state index contributed by atoms with van der Waals surface area (Å²) >= 11 is 1.71. The van der Waals surface area contributed by atoms with E-state index in [1.54, 1.807) is 16.3 Å². The van der Waals surface area contributed by atoms with Crippen molar-refractivity contribution in [3.8, 4) is 6.07 Å². The zero-order valence-electron chi connectivity index (χ0n) is 10.7. The van der Waals surface area contributed by atoms with Crippen LogP contribution >= 0.6 is 11.3 Å². The van der Waals surface area contributed by atoms with Crippen molar-refractivity contribution in [1.82, 2.24) is 9.91 Å². The van der Waals surface area contributed by atoms with E-state index in [9.17, 15) is 0 Å². The zero-order valence-corrected chi connectivity index (χ0v) is 11.5. The Hall–Kier alpha value is -2.06. The largest absolute Gasteiger partial charge is 0.312 e. The Morgan fingerprint density at radius 2 is 2.47 bits per heavy atom. The fourth-order valence-corrected chi connectivity index (χ4v) is 3.09. The van der Waals surface area contributed by atoms with Crippen LogP contribution in [0.4, 0.5) is 0 Å². The van der Waals surface area contributed by atoms with Crippen LogP contribution in [0, 0.1) is 11.3 Å². The first-order chi connectivity index (χ1) is 9.29. The lowest BCUT2D eigenvalue weighted by molar-refractivity contribution is 0.291. The molecule has 0 aromatic carbocycles. The lowest BCUT2D eigenvalue weighted by Gasteiger charge is -2.23. The van der Waals surface area contributed by atoms with E-state index < -0.39 is 0 Å². The third-order valence-electron chi connectivity index (χ3n) is 3.39. The van der Waals surface area contributed by atoms with Crippen LogP contribution in [0.15, 0.2) is 45.9 Å². The maximum Gasteiger partial charge on any atom is 0.158 e. The third kappa shape index (κ3) is 2.15. The van der Waals surface area contributed by atoms with Crippen molar-refractivity contribution in [2.45, 2.75) is 12.8 Å². The van der Waals surface area contributed by atoms with Gasteiger partial charge in [-0.25, -0.2) is 0 Å². The van der Waals surface area contributed by atoms with Crippen molar-refractivity contribution < 1.29 is 0 Å². The Balaban J connectivity index is 1.89. The molecule has 0 saturated carbocycles. The summed E-state index contributed by atoms with van der Waals surface area (Å²) < 4.78 is 0. The highest BCUT2D eigenvalue weighted by atomic mass is 32.1. The van der Waals surface area contributed by atoms with Gasteiger partial charge in [-0.05, 0) is 28.5 Å². The van der Waals surface area contributed by atoms with Gasteiger partial charge in [0.1, 0.15) is 13.2 Å². The van der Waals surface area contributed by atoms with Gasteiger partial charge in [0.25, 0.3) is 0 Å². The summed E-state index contributed by atoms with van der Waals surface area (Å²) in [6.45, 7) is 3.18. The van der Waals surface area contributed by atoms with E-state index in [0.717, 1.165) is 5.84 Å². The Labute approximate surface area is 116 Å². The molecule has 0 aliphatic carbocycles. The highest BCUT2D eigenvalue weighted by molar-refractivity contribution is 7.08. The van der Waals surface area contributed by atoms with Crippen molar-refractivity contribution in [3.63, 3.8) is 0 Å². The lowest BCUT2D eigenvalue weighted by Crippen LogP contribution is -2.29. The molecule has 3 heterocycles. The zero-order chi connectivity index (χ0) is 13.2. The van der Waals surface area contributed by atoms with Crippen molar-refractivity contribution in [2.24, 2.45) is 5.10 Å². The molecule has 2 aliphatic rings. The molecule has 19 heavy (non-hydrogen) atoms. The van der Waals surface area contributed by atoms with Gasteiger partial charge in [-0.1, -0.05) is 13.0 Å². The molecule has 3 rings (SSSR count). The van der Waals surface area contributed by atoms with E-state index in [1.165, 1.54) is 11.1 Å². The molecule has 0 N–H and O–H groups in total. The van der Waals surface area contributed by atoms with E-state index in [0.29, 0.717) is 19.1 Å². The first-order valence-corrected chi connectivity index (χ1v) is 7.12. The van der Waals surface area contributed by atoms with E-state index in [2.05, 4.69) is 45.9 Å². The molecule has 0 bridgehead atoms. The van der Waals surface area contributed by atoms with Gasteiger partial charge in [-0.3, -0.25) is 5.01 Å². The van der Waals surface area contributed by atoms with Crippen molar-refractivity contribution >= 4 is 17.2 Å². The summed E-state index contributed by atoms with van der Waals surface area (Å²) in [6.07, 6.45) is 6.18. The number of nitriles is 1. The van der Waals surface area contributed by atoms with Gasteiger partial charge in [0.15, 0.2) is 5.84 Å². The minimum atomic E-state index is 0.319. The van der Waals surface area contributed by atoms with Crippen LogP contribution in [0.5, 0.6) is 0 Å². The molecule has 0 spiro atoms. The number of amidine groups is 1. The smallest absolute Gasteiger partial charge is 0.158 e. The fraction of sp³-hybridized carbons (Fsp3) is 0.286. The SMILES string of the molecule is CC(C1=CC=CN2CN(CC#N)N=C12)c1ccsc1. The van der Waals surface area contributed by atoms with E-state index in [1.807, 2.05) is 12.3 Å². The number of fused-ring (bicyclic) bond motifs is 1. The summed E-state index contributed by atoms with van der Waals surface area (Å²) in [5, 5.41) is 19.4. The lowest BCUT2D eigenvalue weighted by atomic mass is 9.92. The molecular formula is C14H14N4S. The standard InChI is InChI=1S/C14H14N4S/c1-11(12-4-8-19-9-12)13-3-2-6-17-10-18(7-5-15)16-14(13)17/h2-4,6,8-9,11H,7,10H2,1H3. The van der Waals surface area contributed by atoms with E-state index >= 15 is 0 Å². The van der Waals surface area contributed by atoms with Crippen molar-refractivity contribution in [1.29, 1.82) is 5.26 Å². The van der Waals surface area contributed by atoms with Crippen LogP contribution in [0.2, 0.25) is 0 Å². The van der Waals surface area contributed by atoms with Gasteiger partial charge in [0.05, 0.1) is 6.07 Å². The molecule has 1 unspecified atom stereocenters. The molecule has 2 aliphatic heterocycles. The minimum absolute atomic E-state index is 0.319. The van der Waals surface area contributed by atoms with Gasteiger partial charge in [-0.2, -0.15) is 21.7 Å². The van der Waals surface area contributed by atoms with Gasteiger partial charge in [-0.15, -0.1) is 0 Å². The summed E-state index contributed by atoms with van der Waals surface area (Å²) in [7, 11) is 0. The predicted molar refractivity (Wildman–Crippen MR) is 76.4 cm³/mol. The second-order valence-electron chi connectivity index (χ2n) is 4.60. The quantitative estimate of drug-likeness (QED) is 0.793. The Morgan fingerprint density at radius 1 is 1.58 bits per heavy atom. The van der Waals surface area contributed by atoms with Gasteiger partial charge in [0.2, 0.25) is 0 Å². The normalized spacial score (nSPS) is 18.7. The monoisotopic (exact) mass is 270 g/mol. The molecule has 1 aromatic rings. The van der Waals surface area contributed by atoms with Crippen molar-refractivity contribution in [3.05, 3.63) is 46.3 Å². The Morgan fingerprint density at radius 3 is 3.21 bits per heavy atom. The average molecular weight is 270 g/mol. The van der Waals surface area contributed by atoms with Crippen LogP contribution < -0.4 is 0 Å². The van der Waals surface area contributed by atoms with Gasteiger partial charge < -0.3 is 4.90 Å². The molecule has 0 radical (unpaired) electrons. The number of hydrazone groups is 1. The number of allylic oxidation sites excluding steroid dienone is 2. The van der Waals surface area contributed by atoms with E-state index in [-0.39, 0.29) is 0 Å². The summed E-state index contributed by atoms with van der Waals surface area (Å²) in [5.74, 6) is 1.29. The molecule has 96 valence electrons. The maximum absolute atomic E-state index is 8.77. The summed E-state index contributed by atoms with van der Waals surface area (Å²) in [5.41, 5.74) is 2.52. The highest BCUT2D eigenvalue weighted by Crippen LogP contribution is 2.31. The van der Waals surface area contributed by atoms with Crippen LogP contribution in [-0.4, -0.2) is 29.0 Å². The van der Waals surface area contributed by atoms with Crippen molar-refractivity contribution in [2.75, 3.05) is 13.2 Å². The number of thiophene rings is 1. The highest BCUT2D eigenvalue weighted by Gasteiger charge is 2.28. The molecule has 0 fully saturated rings. The molecule has 5 heteroatoms. The first-order valence-electron chi connectivity index (χ1n) is 6.17. The number of hydrogen-bond donors (Lipinski definition) is 0. The fourth-order valence-electron chi connectivity index (χ4n) is 2.34. The van der Waals surface area contributed by atoms with Gasteiger partial charge >= 0.3 is 0 Å². The number of hydrogen-bond acceptors (Lipinski definition) is 5. The Kier molecular flexibility index (Phi) is 3.10. The first kappa shape index (κ1) is 12.0. The van der Waals surface area contributed by atoms with E-state index in [4.69, 9.17) is 5.26 Å². The Bertz CT molecular complexity index is 591. The van der Waals surface area contributed by atoms with Crippen LogP contribution in [0.3, 0.4) is 0 Å². The topological polar surface area (TPSA) is 42.6 Å². The van der Waals surface area contributed by atoms with Crippen LogP contribution in [-0.2, 0) is 0 Å². The van der Waals surface area contributed by atoms with Gasteiger partial charge in [0, 0.05) is 17.7 Å².